The molecule has 7 heteroatoms. The zero-order valence-corrected chi connectivity index (χ0v) is 18.9. The summed E-state index contributed by atoms with van der Waals surface area (Å²) in [7, 11) is 1.62. The van der Waals surface area contributed by atoms with E-state index in [0.717, 1.165) is 33.3 Å². The van der Waals surface area contributed by atoms with Crippen molar-refractivity contribution in [1.29, 1.82) is 0 Å². The van der Waals surface area contributed by atoms with Gasteiger partial charge in [-0.15, -0.1) is 0 Å². The minimum atomic E-state index is -0.277. The first-order valence-electron chi connectivity index (χ1n) is 10.4. The Bertz CT molecular complexity index is 1290. The van der Waals surface area contributed by atoms with E-state index in [2.05, 4.69) is 16.5 Å². The van der Waals surface area contributed by atoms with Gasteiger partial charge in [0.15, 0.2) is 12.4 Å². The number of carbonyl (C=O) groups is 1. The number of methoxy groups -OCH3 is 1. The summed E-state index contributed by atoms with van der Waals surface area (Å²) in [6.45, 7) is 7.76. The van der Waals surface area contributed by atoms with E-state index in [1.54, 1.807) is 17.9 Å². The molecule has 1 amide bonds. The molecule has 0 unspecified atom stereocenters. The lowest BCUT2D eigenvalue weighted by molar-refractivity contribution is -0.118. The molecule has 7 nitrogen and oxygen atoms in total. The fraction of sp³-hybridized carbons (Fsp3) is 0.240. The molecule has 32 heavy (non-hydrogen) atoms. The van der Waals surface area contributed by atoms with E-state index in [9.17, 15) is 4.79 Å². The van der Waals surface area contributed by atoms with Crippen molar-refractivity contribution >= 4 is 22.6 Å². The Hall–Kier alpha value is -3.87. The standard InChI is InChI=1S/C25H26N4O3/c1-15-9-16(2)11-19(10-15)32-14-24(30)26-23-13-18(4)28-29(23)22-12-17(3)20-7-6-8-21(31-5)25(20)27-22/h6-13H,14H2,1-5H3,(H,26,30). The lowest BCUT2D eigenvalue weighted by Gasteiger charge is -2.13. The number of benzene rings is 2. The summed E-state index contributed by atoms with van der Waals surface area (Å²) in [5.74, 6) is 2.20. The summed E-state index contributed by atoms with van der Waals surface area (Å²) in [6, 6.07) is 15.4. The monoisotopic (exact) mass is 430 g/mol. The molecular formula is C25H26N4O3. The molecule has 164 valence electrons. The number of para-hydroxylation sites is 1. The average molecular weight is 431 g/mol. The molecule has 0 spiro atoms. The van der Waals surface area contributed by atoms with Gasteiger partial charge in [0.25, 0.3) is 5.91 Å². The lowest BCUT2D eigenvalue weighted by Crippen LogP contribution is -2.22. The van der Waals surface area contributed by atoms with E-state index in [1.807, 2.05) is 64.1 Å². The van der Waals surface area contributed by atoms with Gasteiger partial charge in [-0.3, -0.25) is 4.79 Å². The first kappa shape index (κ1) is 21.4. The minimum absolute atomic E-state index is 0.106. The maximum absolute atomic E-state index is 12.6. The van der Waals surface area contributed by atoms with Crippen LogP contribution in [0.1, 0.15) is 22.4 Å². The maximum Gasteiger partial charge on any atom is 0.263 e. The first-order chi connectivity index (χ1) is 15.3. The number of hydrogen-bond donors (Lipinski definition) is 1. The molecule has 1 N–H and O–H groups in total. The molecule has 0 aliphatic carbocycles. The van der Waals surface area contributed by atoms with Crippen molar-refractivity contribution in [3.63, 3.8) is 0 Å². The second-order valence-corrected chi connectivity index (χ2v) is 7.90. The van der Waals surface area contributed by atoms with Gasteiger partial charge < -0.3 is 14.8 Å². The molecule has 2 aromatic heterocycles. The number of nitrogens with zero attached hydrogens (tertiary/aromatic N) is 3. The SMILES string of the molecule is COc1cccc2c(C)cc(-n3nc(C)cc3NC(=O)COc3cc(C)cc(C)c3)nc12. The van der Waals surface area contributed by atoms with Crippen LogP contribution < -0.4 is 14.8 Å². The van der Waals surface area contributed by atoms with Crippen molar-refractivity contribution in [3.05, 3.63) is 70.9 Å². The summed E-state index contributed by atoms with van der Waals surface area (Å²) in [6.07, 6.45) is 0. The van der Waals surface area contributed by atoms with Crippen LogP contribution in [0.5, 0.6) is 11.5 Å². The highest BCUT2D eigenvalue weighted by atomic mass is 16.5. The normalized spacial score (nSPS) is 10.9. The molecule has 0 saturated heterocycles. The van der Waals surface area contributed by atoms with Crippen LogP contribution in [0.4, 0.5) is 5.82 Å². The zero-order chi connectivity index (χ0) is 22.8. The Morgan fingerprint density at radius 1 is 1.03 bits per heavy atom. The number of pyridine rings is 1. The summed E-state index contributed by atoms with van der Waals surface area (Å²) in [5, 5.41) is 8.43. The van der Waals surface area contributed by atoms with Gasteiger partial charge in [-0.25, -0.2) is 4.98 Å². The Balaban J connectivity index is 1.60. The number of rotatable bonds is 6. The van der Waals surface area contributed by atoms with Crippen molar-refractivity contribution in [1.82, 2.24) is 14.8 Å². The predicted molar refractivity (Wildman–Crippen MR) is 125 cm³/mol. The van der Waals surface area contributed by atoms with Gasteiger partial charge in [0.05, 0.1) is 12.8 Å². The molecule has 2 heterocycles. The highest BCUT2D eigenvalue weighted by molar-refractivity contribution is 5.92. The second kappa shape index (κ2) is 8.70. The molecule has 0 aliphatic heterocycles. The molecule has 4 aromatic rings. The Kier molecular flexibility index (Phi) is 5.81. The highest BCUT2D eigenvalue weighted by Crippen LogP contribution is 2.28. The number of nitrogens with one attached hydrogen (secondary N) is 1. The number of carbonyl (C=O) groups excluding carboxylic acids is 1. The Morgan fingerprint density at radius 2 is 1.78 bits per heavy atom. The van der Waals surface area contributed by atoms with Crippen molar-refractivity contribution in [2.75, 3.05) is 19.0 Å². The molecule has 4 rings (SSSR count). The molecule has 2 aromatic carbocycles. The van der Waals surface area contributed by atoms with E-state index >= 15 is 0 Å². The molecule has 0 atom stereocenters. The smallest absolute Gasteiger partial charge is 0.263 e. The van der Waals surface area contributed by atoms with Crippen molar-refractivity contribution in [2.24, 2.45) is 0 Å². The van der Waals surface area contributed by atoms with E-state index < -0.39 is 0 Å². The van der Waals surface area contributed by atoms with Gasteiger partial charge in [-0.05, 0) is 68.7 Å². The highest BCUT2D eigenvalue weighted by Gasteiger charge is 2.15. The topological polar surface area (TPSA) is 78.3 Å². The van der Waals surface area contributed by atoms with Crippen LogP contribution in [0.3, 0.4) is 0 Å². The van der Waals surface area contributed by atoms with E-state index in [1.165, 1.54) is 0 Å². The number of amides is 1. The fourth-order valence-electron chi connectivity index (χ4n) is 3.75. The number of aryl methyl sites for hydroxylation is 4. The third-order valence-corrected chi connectivity index (χ3v) is 5.10. The molecule has 0 aliphatic rings. The van der Waals surface area contributed by atoms with E-state index in [4.69, 9.17) is 14.5 Å². The average Bonchev–Trinajstić information content (AvgIpc) is 3.11. The van der Waals surface area contributed by atoms with Crippen LogP contribution in [0.2, 0.25) is 0 Å². The fourth-order valence-corrected chi connectivity index (χ4v) is 3.75. The van der Waals surface area contributed by atoms with Crippen molar-refractivity contribution in [2.45, 2.75) is 27.7 Å². The van der Waals surface area contributed by atoms with Crippen molar-refractivity contribution < 1.29 is 14.3 Å². The minimum Gasteiger partial charge on any atom is -0.494 e. The third kappa shape index (κ3) is 4.42. The predicted octanol–water partition coefficient (Wildman–Crippen LogP) is 4.68. The summed E-state index contributed by atoms with van der Waals surface area (Å²) >= 11 is 0. The lowest BCUT2D eigenvalue weighted by atomic mass is 10.1. The number of aromatic nitrogens is 3. The van der Waals surface area contributed by atoms with Crippen LogP contribution >= 0.6 is 0 Å². The third-order valence-electron chi connectivity index (χ3n) is 5.10. The summed E-state index contributed by atoms with van der Waals surface area (Å²) < 4.78 is 12.8. The van der Waals surface area contributed by atoms with Crippen LogP contribution in [0.25, 0.3) is 16.7 Å². The van der Waals surface area contributed by atoms with Gasteiger partial charge in [0, 0.05) is 11.5 Å². The largest absolute Gasteiger partial charge is 0.494 e. The molecule has 0 saturated carbocycles. The second-order valence-electron chi connectivity index (χ2n) is 7.90. The molecule has 0 radical (unpaired) electrons. The van der Waals surface area contributed by atoms with Gasteiger partial charge in [0.2, 0.25) is 0 Å². The number of anilines is 1. The summed E-state index contributed by atoms with van der Waals surface area (Å²) in [4.78, 5) is 17.4. The van der Waals surface area contributed by atoms with Crippen molar-refractivity contribution in [3.8, 4) is 17.3 Å². The van der Waals surface area contributed by atoms with Gasteiger partial charge in [-0.2, -0.15) is 9.78 Å². The first-order valence-corrected chi connectivity index (χ1v) is 10.4. The zero-order valence-electron chi connectivity index (χ0n) is 18.9. The Labute approximate surface area is 187 Å². The number of ether oxygens (including phenoxy) is 2. The van der Waals surface area contributed by atoms with Gasteiger partial charge in [-0.1, -0.05) is 18.2 Å². The van der Waals surface area contributed by atoms with E-state index in [0.29, 0.717) is 23.1 Å². The van der Waals surface area contributed by atoms with Gasteiger partial charge in [0.1, 0.15) is 22.8 Å². The van der Waals surface area contributed by atoms with Crippen LogP contribution in [0, 0.1) is 27.7 Å². The van der Waals surface area contributed by atoms with Gasteiger partial charge >= 0.3 is 0 Å². The quantitative estimate of drug-likeness (QED) is 0.481. The van der Waals surface area contributed by atoms with E-state index in [-0.39, 0.29) is 12.5 Å². The summed E-state index contributed by atoms with van der Waals surface area (Å²) in [5.41, 5.74) is 4.71. The number of fused-ring (bicyclic) bond motifs is 1. The van der Waals surface area contributed by atoms with Crippen LogP contribution in [-0.4, -0.2) is 34.4 Å². The van der Waals surface area contributed by atoms with Crippen LogP contribution in [0.15, 0.2) is 48.5 Å². The molecule has 0 bridgehead atoms. The molecular weight excluding hydrogens is 404 g/mol. The molecule has 0 fully saturated rings. The number of hydrogen-bond acceptors (Lipinski definition) is 5. The maximum atomic E-state index is 12.6. The van der Waals surface area contributed by atoms with Crippen LogP contribution in [-0.2, 0) is 4.79 Å². The Morgan fingerprint density at radius 3 is 2.50 bits per heavy atom.